The second-order valence-corrected chi connectivity index (χ2v) is 4.70. The number of aromatic nitrogens is 2. The fourth-order valence-electron chi connectivity index (χ4n) is 0.700. The molecule has 0 aliphatic heterocycles. The van der Waals surface area contributed by atoms with Gasteiger partial charge in [0, 0.05) is 12.4 Å². The Balaban J connectivity index is 2.87. The molecule has 1 unspecified atom stereocenters. The minimum Gasteiger partial charge on any atom is -0.480 e. The number of anilines is 1. The molecule has 0 aliphatic rings. The van der Waals surface area contributed by atoms with Crippen molar-refractivity contribution in [1.29, 1.82) is 0 Å². The molecule has 1 heterocycles. The van der Waals surface area contributed by atoms with Crippen LogP contribution >= 0.6 is 0 Å². The van der Waals surface area contributed by atoms with Crippen LogP contribution in [0.15, 0.2) is 18.5 Å². The molecular weight excluding hydrogens is 222 g/mol. The van der Waals surface area contributed by atoms with Crippen molar-refractivity contribution in [2.24, 2.45) is 0 Å². The van der Waals surface area contributed by atoms with Crippen LogP contribution in [0, 0.1) is 0 Å². The summed E-state index contributed by atoms with van der Waals surface area (Å²) in [4.78, 5) is 17.7. The quantitative estimate of drug-likeness (QED) is 0.735. The maximum atomic E-state index is 11.4. The minimum absolute atomic E-state index is 0.148. The maximum Gasteiger partial charge on any atom is 0.323 e. The zero-order valence-electron chi connectivity index (χ0n) is 7.78. The van der Waals surface area contributed by atoms with E-state index in [9.17, 15) is 13.2 Å². The molecule has 7 nitrogen and oxygen atoms in total. The van der Waals surface area contributed by atoms with Gasteiger partial charge in [0.25, 0.3) is 0 Å². The van der Waals surface area contributed by atoms with Crippen molar-refractivity contribution >= 4 is 21.9 Å². The molecule has 0 saturated carbocycles. The minimum atomic E-state index is -3.99. The predicted octanol–water partition coefficient (Wildman–Crippen LogP) is -0.309. The van der Waals surface area contributed by atoms with E-state index in [0.29, 0.717) is 0 Å². The summed E-state index contributed by atoms with van der Waals surface area (Å²) < 4.78 is 24.7. The standard InChI is InChI=1S/C7H9N3O4S/c1-5(6(11)12)15(13,14)10-7-8-3-2-4-9-7/h2-5H,1H3,(H,11,12)(H,8,9,10). The molecule has 1 atom stereocenters. The Hall–Kier alpha value is -1.70. The molecule has 1 rings (SSSR count). The normalized spacial score (nSPS) is 13.1. The predicted molar refractivity (Wildman–Crippen MR) is 51.7 cm³/mol. The number of aliphatic carboxylic acids is 1. The zero-order chi connectivity index (χ0) is 11.5. The van der Waals surface area contributed by atoms with E-state index < -0.39 is 21.2 Å². The van der Waals surface area contributed by atoms with Crippen LogP contribution in [0.1, 0.15) is 6.92 Å². The molecule has 82 valence electrons. The molecule has 1 aromatic heterocycles. The third-order valence-corrected chi connectivity index (χ3v) is 3.21. The summed E-state index contributed by atoms with van der Waals surface area (Å²) in [5, 5.41) is 6.98. The summed E-state index contributed by atoms with van der Waals surface area (Å²) >= 11 is 0. The first-order valence-corrected chi connectivity index (χ1v) is 5.49. The van der Waals surface area contributed by atoms with Crippen molar-refractivity contribution < 1.29 is 18.3 Å². The number of carboxylic acid groups (broad SMARTS) is 1. The highest BCUT2D eigenvalue weighted by Crippen LogP contribution is 2.05. The van der Waals surface area contributed by atoms with Gasteiger partial charge in [0.1, 0.15) is 0 Å². The van der Waals surface area contributed by atoms with E-state index in [-0.39, 0.29) is 5.95 Å². The molecule has 0 spiro atoms. The fourth-order valence-corrected chi connectivity index (χ4v) is 1.50. The number of carbonyl (C=O) groups is 1. The van der Waals surface area contributed by atoms with Gasteiger partial charge in [-0.05, 0) is 13.0 Å². The van der Waals surface area contributed by atoms with Crippen LogP contribution in [0.2, 0.25) is 0 Å². The average Bonchev–Trinajstić information content (AvgIpc) is 2.17. The lowest BCUT2D eigenvalue weighted by molar-refractivity contribution is -0.136. The van der Waals surface area contributed by atoms with Gasteiger partial charge in [0.2, 0.25) is 16.0 Å². The van der Waals surface area contributed by atoms with Gasteiger partial charge < -0.3 is 5.11 Å². The molecule has 8 heteroatoms. The number of hydrogen-bond donors (Lipinski definition) is 2. The molecule has 0 saturated heterocycles. The van der Waals surface area contributed by atoms with Crippen LogP contribution in [-0.2, 0) is 14.8 Å². The molecular formula is C7H9N3O4S. The highest BCUT2D eigenvalue weighted by atomic mass is 32.2. The molecule has 1 aromatic rings. The summed E-state index contributed by atoms with van der Waals surface area (Å²) in [6, 6.07) is 1.51. The van der Waals surface area contributed by atoms with Crippen LogP contribution < -0.4 is 4.72 Å². The Morgan fingerprint density at radius 2 is 2.00 bits per heavy atom. The number of nitrogens with zero attached hydrogens (tertiary/aromatic N) is 2. The summed E-state index contributed by atoms with van der Waals surface area (Å²) in [6.07, 6.45) is 2.69. The molecule has 0 bridgehead atoms. The van der Waals surface area contributed by atoms with Crippen LogP contribution in [0.3, 0.4) is 0 Å². The largest absolute Gasteiger partial charge is 0.480 e. The smallest absolute Gasteiger partial charge is 0.323 e. The topological polar surface area (TPSA) is 109 Å². The van der Waals surface area contributed by atoms with Crippen molar-refractivity contribution in [2.75, 3.05) is 4.72 Å². The molecule has 0 aromatic carbocycles. The highest BCUT2D eigenvalue weighted by Gasteiger charge is 2.28. The Morgan fingerprint density at radius 1 is 1.47 bits per heavy atom. The lowest BCUT2D eigenvalue weighted by atomic mass is 10.5. The summed E-state index contributed by atoms with van der Waals surface area (Å²) in [5.41, 5.74) is 0. The second-order valence-electron chi connectivity index (χ2n) is 2.70. The van der Waals surface area contributed by atoms with Gasteiger partial charge in [0.05, 0.1) is 0 Å². The summed E-state index contributed by atoms with van der Waals surface area (Å²) in [5.74, 6) is -1.58. The van der Waals surface area contributed by atoms with Gasteiger partial charge in [-0.3, -0.25) is 9.52 Å². The second kappa shape index (κ2) is 4.22. The van der Waals surface area contributed by atoms with Crippen LogP contribution in [0.5, 0.6) is 0 Å². The third-order valence-electron chi connectivity index (χ3n) is 1.61. The van der Waals surface area contributed by atoms with Gasteiger partial charge in [0.15, 0.2) is 5.25 Å². The van der Waals surface area contributed by atoms with Crippen LogP contribution in [0.25, 0.3) is 0 Å². The van der Waals surface area contributed by atoms with E-state index in [4.69, 9.17) is 5.11 Å². The average molecular weight is 231 g/mol. The van der Waals surface area contributed by atoms with E-state index in [2.05, 4.69) is 9.97 Å². The fraction of sp³-hybridized carbons (Fsp3) is 0.286. The molecule has 2 N–H and O–H groups in total. The van der Waals surface area contributed by atoms with Crippen LogP contribution in [-0.4, -0.2) is 34.7 Å². The Labute approximate surface area is 86.2 Å². The van der Waals surface area contributed by atoms with Crippen molar-refractivity contribution in [1.82, 2.24) is 9.97 Å². The monoisotopic (exact) mass is 231 g/mol. The number of nitrogens with one attached hydrogen (secondary N) is 1. The maximum absolute atomic E-state index is 11.4. The molecule has 15 heavy (non-hydrogen) atoms. The first-order chi connectivity index (χ1) is 6.93. The first kappa shape index (κ1) is 11.4. The SMILES string of the molecule is CC(C(=O)O)S(=O)(=O)Nc1ncccn1. The lowest BCUT2D eigenvalue weighted by Crippen LogP contribution is -2.32. The number of carboxylic acids is 1. The van der Waals surface area contributed by atoms with E-state index in [1.807, 2.05) is 4.72 Å². The third kappa shape index (κ3) is 2.88. The Kier molecular flexibility index (Phi) is 3.20. The zero-order valence-corrected chi connectivity index (χ0v) is 8.60. The van der Waals surface area contributed by atoms with Crippen molar-refractivity contribution in [2.45, 2.75) is 12.2 Å². The van der Waals surface area contributed by atoms with E-state index in [1.54, 1.807) is 0 Å². The van der Waals surface area contributed by atoms with Gasteiger partial charge in [-0.2, -0.15) is 0 Å². The molecule has 0 aliphatic carbocycles. The highest BCUT2D eigenvalue weighted by molar-refractivity contribution is 7.94. The van der Waals surface area contributed by atoms with Gasteiger partial charge >= 0.3 is 5.97 Å². The number of hydrogen-bond acceptors (Lipinski definition) is 5. The van der Waals surface area contributed by atoms with E-state index in [1.165, 1.54) is 18.5 Å². The Morgan fingerprint density at radius 3 is 2.47 bits per heavy atom. The molecule has 0 radical (unpaired) electrons. The van der Waals surface area contributed by atoms with Gasteiger partial charge in [-0.1, -0.05) is 0 Å². The lowest BCUT2D eigenvalue weighted by Gasteiger charge is -2.08. The summed E-state index contributed by atoms with van der Waals surface area (Å²) in [7, 11) is -3.99. The van der Waals surface area contributed by atoms with Gasteiger partial charge in [-0.15, -0.1) is 0 Å². The Bertz CT molecular complexity index is 445. The van der Waals surface area contributed by atoms with Crippen molar-refractivity contribution in [3.63, 3.8) is 0 Å². The van der Waals surface area contributed by atoms with Crippen molar-refractivity contribution in [3.05, 3.63) is 18.5 Å². The summed E-state index contributed by atoms with van der Waals surface area (Å²) in [6.45, 7) is 1.06. The number of sulfonamides is 1. The van der Waals surface area contributed by atoms with E-state index >= 15 is 0 Å². The van der Waals surface area contributed by atoms with E-state index in [0.717, 1.165) is 6.92 Å². The molecule has 0 fully saturated rings. The van der Waals surface area contributed by atoms with Gasteiger partial charge in [-0.25, -0.2) is 18.4 Å². The van der Waals surface area contributed by atoms with Crippen molar-refractivity contribution in [3.8, 4) is 0 Å². The molecule has 0 amide bonds. The first-order valence-electron chi connectivity index (χ1n) is 3.95. The number of rotatable bonds is 4. The van der Waals surface area contributed by atoms with Crippen LogP contribution in [0.4, 0.5) is 5.95 Å².